The van der Waals surface area contributed by atoms with Crippen LogP contribution in [-0.2, 0) is 4.79 Å². The SMILES string of the molecule is CC(=O)N1CCC(c2nccnc2-c2ccccc2F)CC1. The minimum Gasteiger partial charge on any atom is -0.343 e. The minimum absolute atomic E-state index is 0.104. The molecule has 0 saturated carbocycles. The van der Waals surface area contributed by atoms with Gasteiger partial charge in [0.1, 0.15) is 5.82 Å². The molecule has 2 heterocycles. The third-order valence-electron chi connectivity index (χ3n) is 4.18. The lowest BCUT2D eigenvalue weighted by molar-refractivity contribution is -0.129. The van der Waals surface area contributed by atoms with E-state index >= 15 is 0 Å². The first-order chi connectivity index (χ1) is 10.7. The molecule has 0 unspecified atom stereocenters. The van der Waals surface area contributed by atoms with E-state index in [0.29, 0.717) is 24.3 Å². The molecule has 3 rings (SSSR count). The second-order valence-corrected chi connectivity index (χ2v) is 5.55. The molecule has 0 bridgehead atoms. The number of amides is 1. The second-order valence-electron chi connectivity index (χ2n) is 5.55. The van der Waals surface area contributed by atoms with Crippen molar-refractivity contribution in [2.24, 2.45) is 0 Å². The fourth-order valence-corrected chi connectivity index (χ4v) is 2.98. The van der Waals surface area contributed by atoms with Crippen LogP contribution in [0.3, 0.4) is 0 Å². The summed E-state index contributed by atoms with van der Waals surface area (Å²) in [6.07, 6.45) is 4.91. The highest BCUT2D eigenvalue weighted by molar-refractivity contribution is 5.73. The van der Waals surface area contributed by atoms with E-state index in [1.807, 2.05) is 4.90 Å². The van der Waals surface area contributed by atoms with Gasteiger partial charge in [-0.2, -0.15) is 0 Å². The smallest absolute Gasteiger partial charge is 0.219 e. The summed E-state index contributed by atoms with van der Waals surface area (Å²) in [5.74, 6) is 0.0243. The number of halogens is 1. The molecule has 1 fully saturated rings. The zero-order valence-electron chi connectivity index (χ0n) is 12.5. The van der Waals surface area contributed by atoms with Gasteiger partial charge in [0.2, 0.25) is 5.91 Å². The Morgan fingerprint density at radius 2 is 1.86 bits per heavy atom. The summed E-state index contributed by atoms with van der Waals surface area (Å²) in [6, 6.07) is 6.63. The van der Waals surface area contributed by atoms with Crippen molar-refractivity contribution in [1.82, 2.24) is 14.9 Å². The van der Waals surface area contributed by atoms with Gasteiger partial charge in [-0.05, 0) is 25.0 Å². The lowest BCUT2D eigenvalue weighted by atomic mass is 9.90. The molecule has 0 aliphatic carbocycles. The van der Waals surface area contributed by atoms with Gasteiger partial charge in [0.25, 0.3) is 0 Å². The summed E-state index contributed by atoms with van der Waals surface area (Å²) in [5.41, 5.74) is 1.93. The molecule has 1 amide bonds. The standard InChI is InChI=1S/C17H18FN3O/c1-12(22)21-10-6-13(7-11-21)16-17(20-9-8-19-16)14-4-2-3-5-15(14)18/h2-5,8-9,13H,6-7,10-11H2,1H3. The number of hydrogen-bond donors (Lipinski definition) is 0. The molecule has 1 aliphatic rings. The molecule has 1 aromatic heterocycles. The van der Waals surface area contributed by atoms with E-state index in [1.165, 1.54) is 6.07 Å². The first kappa shape index (κ1) is 14.6. The molecule has 2 aromatic rings. The van der Waals surface area contributed by atoms with Crippen LogP contribution in [0.15, 0.2) is 36.7 Å². The Bertz CT molecular complexity index is 681. The molecular formula is C17H18FN3O. The van der Waals surface area contributed by atoms with Crippen LogP contribution < -0.4 is 0 Å². The zero-order valence-corrected chi connectivity index (χ0v) is 12.5. The van der Waals surface area contributed by atoms with Gasteiger partial charge >= 0.3 is 0 Å². The summed E-state index contributed by atoms with van der Waals surface area (Å²) >= 11 is 0. The maximum Gasteiger partial charge on any atom is 0.219 e. The molecule has 0 radical (unpaired) electrons. The van der Waals surface area contributed by atoms with Gasteiger partial charge < -0.3 is 4.90 Å². The van der Waals surface area contributed by atoms with Crippen molar-refractivity contribution in [3.8, 4) is 11.3 Å². The number of hydrogen-bond acceptors (Lipinski definition) is 3. The van der Waals surface area contributed by atoms with E-state index < -0.39 is 0 Å². The van der Waals surface area contributed by atoms with Crippen LogP contribution in [-0.4, -0.2) is 33.9 Å². The molecule has 22 heavy (non-hydrogen) atoms. The topological polar surface area (TPSA) is 46.1 Å². The number of nitrogens with zero attached hydrogens (tertiary/aromatic N) is 3. The summed E-state index contributed by atoms with van der Waals surface area (Å²) in [7, 11) is 0. The number of piperidine rings is 1. The van der Waals surface area contributed by atoms with Crippen molar-refractivity contribution in [3.63, 3.8) is 0 Å². The van der Waals surface area contributed by atoms with Gasteiger partial charge in [-0.1, -0.05) is 12.1 Å². The van der Waals surface area contributed by atoms with Crippen molar-refractivity contribution in [3.05, 3.63) is 48.2 Å². The fourth-order valence-electron chi connectivity index (χ4n) is 2.98. The van der Waals surface area contributed by atoms with Gasteiger partial charge in [0.05, 0.1) is 11.4 Å². The first-order valence-corrected chi connectivity index (χ1v) is 7.48. The van der Waals surface area contributed by atoms with Gasteiger partial charge in [0, 0.05) is 43.9 Å². The molecular weight excluding hydrogens is 281 g/mol. The molecule has 1 aliphatic heterocycles. The molecule has 114 valence electrons. The van der Waals surface area contributed by atoms with Crippen molar-refractivity contribution >= 4 is 5.91 Å². The summed E-state index contributed by atoms with van der Waals surface area (Å²) in [4.78, 5) is 22.1. The van der Waals surface area contributed by atoms with E-state index in [-0.39, 0.29) is 17.6 Å². The third kappa shape index (κ3) is 2.84. The van der Waals surface area contributed by atoms with Crippen LogP contribution >= 0.6 is 0 Å². The number of rotatable bonds is 2. The number of carbonyl (C=O) groups excluding carboxylic acids is 1. The summed E-state index contributed by atoms with van der Waals surface area (Å²) < 4.78 is 14.1. The second kappa shape index (κ2) is 6.22. The molecule has 4 nitrogen and oxygen atoms in total. The largest absolute Gasteiger partial charge is 0.343 e. The number of benzene rings is 1. The van der Waals surface area contributed by atoms with Gasteiger partial charge in [-0.3, -0.25) is 14.8 Å². The summed E-state index contributed by atoms with van der Waals surface area (Å²) in [5, 5.41) is 0. The van der Waals surface area contributed by atoms with Crippen molar-refractivity contribution in [2.75, 3.05) is 13.1 Å². The Morgan fingerprint density at radius 1 is 1.18 bits per heavy atom. The van der Waals surface area contributed by atoms with Crippen molar-refractivity contribution in [1.29, 1.82) is 0 Å². The van der Waals surface area contributed by atoms with Crippen LogP contribution in [0.2, 0.25) is 0 Å². The average molecular weight is 299 g/mol. The van der Waals surface area contributed by atoms with Gasteiger partial charge in [0.15, 0.2) is 0 Å². The lowest BCUT2D eigenvalue weighted by Gasteiger charge is -2.31. The highest BCUT2D eigenvalue weighted by Gasteiger charge is 2.26. The quantitative estimate of drug-likeness (QED) is 0.856. The van der Waals surface area contributed by atoms with E-state index in [1.54, 1.807) is 37.5 Å². The normalized spacial score (nSPS) is 15.8. The Hall–Kier alpha value is -2.30. The Balaban J connectivity index is 1.90. The molecule has 1 aromatic carbocycles. The maximum absolute atomic E-state index is 14.1. The fraction of sp³-hybridized carbons (Fsp3) is 0.353. The van der Waals surface area contributed by atoms with Crippen LogP contribution in [0.5, 0.6) is 0 Å². The van der Waals surface area contributed by atoms with Gasteiger partial charge in [-0.15, -0.1) is 0 Å². The number of aromatic nitrogens is 2. The molecule has 1 saturated heterocycles. The van der Waals surface area contributed by atoms with Crippen LogP contribution in [0.25, 0.3) is 11.3 Å². The Labute approximate surface area is 129 Å². The average Bonchev–Trinajstić information content (AvgIpc) is 2.55. The van der Waals surface area contributed by atoms with Crippen LogP contribution in [0.1, 0.15) is 31.4 Å². The monoisotopic (exact) mass is 299 g/mol. The molecule has 5 heteroatoms. The summed E-state index contributed by atoms with van der Waals surface area (Å²) in [6.45, 7) is 3.02. The van der Waals surface area contributed by atoms with E-state index in [4.69, 9.17) is 0 Å². The van der Waals surface area contributed by atoms with Crippen LogP contribution in [0.4, 0.5) is 4.39 Å². The van der Waals surface area contributed by atoms with Gasteiger partial charge in [-0.25, -0.2) is 4.39 Å². The number of likely N-dealkylation sites (tertiary alicyclic amines) is 1. The van der Waals surface area contributed by atoms with Crippen LogP contribution in [0, 0.1) is 5.82 Å². The third-order valence-corrected chi connectivity index (χ3v) is 4.18. The van der Waals surface area contributed by atoms with E-state index in [2.05, 4.69) is 9.97 Å². The highest BCUT2D eigenvalue weighted by atomic mass is 19.1. The number of carbonyl (C=O) groups is 1. The molecule has 0 N–H and O–H groups in total. The molecule has 0 atom stereocenters. The highest BCUT2D eigenvalue weighted by Crippen LogP contribution is 2.33. The zero-order chi connectivity index (χ0) is 15.5. The van der Waals surface area contributed by atoms with E-state index in [0.717, 1.165) is 18.5 Å². The Kier molecular flexibility index (Phi) is 4.13. The van der Waals surface area contributed by atoms with E-state index in [9.17, 15) is 9.18 Å². The molecule has 0 spiro atoms. The first-order valence-electron chi connectivity index (χ1n) is 7.48. The Morgan fingerprint density at radius 3 is 2.55 bits per heavy atom. The predicted octanol–water partition coefficient (Wildman–Crippen LogP) is 3.01. The minimum atomic E-state index is -0.287. The lowest BCUT2D eigenvalue weighted by Crippen LogP contribution is -2.36. The maximum atomic E-state index is 14.1. The predicted molar refractivity (Wildman–Crippen MR) is 81.7 cm³/mol. The van der Waals surface area contributed by atoms with Crippen molar-refractivity contribution in [2.45, 2.75) is 25.7 Å². The van der Waals surface area contributed by atoms with Crippen molar-refractivity contribution < 1.29 is 9.18 Å².